The SMILES string of the molecule is NCC(c1ccc(F)cc1)N1CCN2CCCCC2C1. The van der Waals surface area contributed by atoms with Gasteiger partial charge < -0.3 is 5.73 Å². The summed E-state index contributed by atoms with van der Waals surface area (Å²) in [4.78, 5) is 5.11. The van der Waals surface area contributed by atoms with Crippen LogP contribution in [0.25, 0.3) is 0 Å². The van der Waals surface area contributed by atoms with Gasteiger partial charge in [0.1, 0.15) is 5.82 Å². The fourth-order valence-corrected chi connectivity index (χ4v) is 3.64. The summed E-state index contributed by atoms with van der Waals surface area (Å²) in [6, 6.07) is 7.73. The number of piperazine rings is 1. The van der Waals surface area contributed by atoms with Gasteiger partial charge in [0.25, 0.3) is 0 Å². The van der Waals surface area contributed by atoms with Crippen LogP contribution in [0.3, 0.4) is 0 Å². The van der Waals surface area contributed by atoms with Gasteiger partial charge in [0.15, 0.2) is 0 Å². The zero-order valence-electron chi connectivity index (χ0n) is 12.0. The second kappa shape index (κ2) is 6.20. The summed E-state index contributed by atoms with van der Waals surface area (Å²) in [7, 11) is 0. The van der Waals surface area contributed by atoms with Crippen LogP contribution < -0.4 is 5.73 Å². The first-order chi connectivity index (χ1) is 9.78. The first-order valence-corrected chi connectivity index (χ1v) is 7.71. The van der Waals surface area contributed by atoms with Gasteiger partial charge in [-0.15, -0.1) is 0 Å². The van der Waals surface area contributed by atoms with Crippen LogP contribution in [0.15, 0.2) is 24.3 Å². The molecule has 2 fully saturated rings. The van der Waals surface area contributed by atoms with Crippen molar-refractivity contribution in [2.45, 2.75) is 31.3 Å². The van der Waals surface area contributed by atoms with Gasteiger partial charge in [-0.2, -0.15) is 0 Å². The molecule has 2 heterocycles. The summed E-state index contributed by atoms with van der Waals surface area (Å²) in [5.74, 6) is -0.179. The molecule has 2 aliphatic heterocycles. The molecule has 0 aliphatic carbocycles. The first kappa shape index (κ1) is 14.0. The molecule has 0 radical (unpaired) electrons. The number of rotatable bonds is 3. The predicted octanol–water partition coefficient (Wildman–Crippen LogP) is 2.00. The maximum absolute atomic E-state index is 13.1. The highest BCUT2D eigenvalue weighted by Crippen LogP contribution is 2.27. The topological polar surface area (TPSA) is 32.5 Å². The Kier molecular flexibility index (Phi) is 4.34. The van der Waals surface area contributed by atoms with Crippen LogP contribution in [0.4, 0.5) is 4.39 Å². The normalized spacial score (nSPS) is 26.2. The molecular weight excluding hydrogens is 253 g/mol. The zero-order chi connectivity index (χ0) is 13.9. The monoisotopic (exact) mass is 277 g/mol. The summed E-state index contributed by atoms with van der Waals surface area (Å²) in [6.45, 7) is 5.15. The van der Waals surface area contributed by atoms with Crippen LogP contribution in [0.5, 0.6) is 0 Å². The maximum atomic E-state index is 13.1. The lowest BCUT2D eigenvalue weighted by Crippen LogP contribution is -2.56. The van der Waals surface area contributed by atoms with Crippen molar-refractivity contribution in [3.05, 3.63) is 35.6 Å². The summed E-state index contributed by atoms with van der Waals surface area (Å²) in [6.07, 6.45) is 3.99. The zero-order valence-corrected chi connectivity index (χ0v) is 12.0. The van der Waals surface area contributed by atoms with E-state index in [1.54, 1.807) is 0 Å². The quantitative estimate of drug-likeness (QED) is 0.917. The highest BCUT2D eigenvalue weighted by atomic mass is 19.1. The molecular formula is C16H24FN3. The van der Waals surface area contributed by atoms with Gasteiger partial charge in [0, 0.05) is 38.3 Å². The van der Waals surface area contributed by atoms with E-state index in [0.717, 1.165) is 25.2 Å². The van der Waals surface area contributed by atoms with Crippen molar-refractivity contribution in [3.8, 4) is 0 Å². The second-order valence-electron chi connectivity index (χ2n) is 5.98. The largest absolute Gasteiger partial charge is 0.329 e. The Morgan fingerprint density at radius 2 is 1.95 bits per heavy atom. The lowest BCUT2D eigenvalue weighted by atomic mass is 9.97. The minimum Gasteiger partial charge on any atom is -0.329 e. The molecule has 2 saturated heterocycles. The Morgan fingerprint density at radius 1 is 1.15 bits per heavy atom. The molecule has 0 aromatic heterocycles. The molecule has 2 atom stereocenters. The van der Waals surface area contributed by atoms with E-state index in [-0.39, 0.29) is 11.9 Å². The molecule has 1 aromatic rings. The van der Waals surface area contributed by atoms with Crippen LogP contribution in [0.1, 0.15) is 30.9 Å². The average Bonchev–Trinajstić information content (AvgIpc) is 2.50. The van der Waals surface area contributed by atoms with Crippen LogP contribution in [0.2, 0.25) is 0 Å². The number of nitrogens with two attached hydrogens (primary N) is 1. The molecule has 2 N–H and O–H groups in total. The molecule has 2 unspecified atom stereocenters. The van der Waals surface area contributed by atoms with E-state index in [2.05, 4.69) is 9.80 Å². The van der Waals surface area contributed by atoms with E-state index in [1.807, 2.05) is 12.1 Å². The maximum Gasteiger partial charge on any atom is 0.123 e. The van der Waals surface area contributed by atoms with Crippen LogP contribution in [-0.2, 0) is 0 Å². The van der Waals surface area contributed by atoms with Gasteiger partial charge in [-0.1, -0.05) is 18.6 Å². The fraction of sp³-hybridized carbons (Fsp3) is 0.625. The Labute approximate surface area is 120 Å². The number of fused-ring (bicyclic) bond motifs is 1. The van der Waals surface area contributed by atoms with Gasteiger partial charge in [-0.25, -0.2) is 4.39 Å². The lowest BCUT2D eigenvalue weighted by Gasteiger charge is -2.46. The fourth-order valence-electron chi connectivity index (χ4n) is 3.64. The van der Waals surface area contributed by atoms with Crippen molar-refractivity contribution in [1.29, 1.82) is 0 Å². The van der Waals surface area contributed by atoms with Crippen molar-refractivity contribution in [3.63, 3.8) is 0 Å². The average molecular weight is 277 g/mol. The minimum atomic E-state index is -0.179. The standard InChI is InChI=1S/C16H24FN3/c17-14-6-4-13(5-7-14)16(11-18)20-10-9-19-8-2-1-3-15(19)12-20/h4-7,15-16H,1-3,8-12,18H2. The van der Waals surface area contributed by atoms with E-state index < -0.39 is 0 Å². The Morgan fingerprint density at radius 3 is 2.70 bits per heavy atom. The van der Waals surface area contributed by atoms with E-state index in [0.29, 0.717) is 12.6 Å². The molecule has 1 aromatic carbocycles. The Bertz CT molecular complexity index is 434. The number of halogens is 1. The molecule has 3 rings (SSSR count). The van der Waals surface area contributed by atoms with Crippen molar-refractivity contribution in [2.24, 2.45) is 5.73 Å². The van der Waals surface area contributed by atoms with Crippen LogP contribution in [0, 0.1) is 5.82 Å². The molecule has 110 valence electrons. The number of benzene rings is 1. The first-order valence-electron chi connectivity index (χ1n) is 7.71. The smallest absolute Gasteiger partial charge is 0.123 e. The van der Waals surface area contributed by atoms with Gasteiger partial charge in [0.05, 0.1) is 0 Å². The summed E-state index contributed by atoms with van der Waals surface area (Å²) in [5, 5.41) is 0. The molecule has 2 aliphatic rings. The Hall–Kier alpha value is -0.970. The molecule has 0 amide bonds. The summed E-state index contributed by atoms with van der Waals surface area (Å²) in [5.41, 5.74) is 7.13. The van der Waals surface area contributed by atoms with Crippen molar-refractivity contribution in [2.75, 3.05) is 32.7 Å². The van der Waals surface area contributed by atoms with E-state index in [4.69, 9.17) is 5.73 Å². The molecule has 3 nitrogen and oxygen atoms in total. The van der Waals surface area contributed by atoms with E-state index in [1.165, 1.54) is 37.9 Å². The van der Waals surface area contributed by atoms with Gasteiger partial charge in [-0.05, 0) is 37.1 Å². The van der Waals surface area contributed by atoms with Gasteiger partial charge in [-0.3, -0.25) is 9.80 Å². The number of hydrogen-bond donors (Lipinski definition) is 1. The second-order valence-corrected chi connectivity index (χ2v) is 5.98. The summed E-state index contributed by atoms with van der Waals surface area (Å²) >= 11 is 0. The molecule has 0 bridgehead atoms. The highest BCUT2D eigenvalue weighted by Gasteiger charge is 2.32. The molecule has 0 spiro atoms. The number of hydrogen-bond acceptors (Lipinski definition) is 3. The third kappa shape index (κ3) is 2.87. The molecule has 0 saturated carbocycles. The van der Waals surface area contributed by atoms with Crippen molar-refractivity contribution < 1.29 is 4.39 Å². The van der Waals surface area contributed by atoms with Crippen molar-refractivity contribution in [1.82, 2.24) is 9.80 Å². The van der Waals surface area contributed by atoms with Crippen LogP contribution >= 0.6 is 0 Å². The number of piperidine rings is 1. The minimum absolute atomic E-state index is 0.179. The summed E-state index contributed by atoms with van der Waals surface area (Å²) < 4.78 is 13.1. The molecule has 4 heteroatoms. The Balaban J connectivity index is 1.71. The number of nitrogens with zero attached hydrogens (tertiary/aromatic N) is 2. The van der Waals surface area contributed by atoms with E-state index in [9.17, 15) is 4.39 Å². The van der Waals surface area contributed by atoms with Gasteiger partial charge >= 0.3 is 0 Å². The third-order valence-electron chi connectivity index (χ3n) is 4.79. The third-order valence-corrected chi connectivity index (χ3v) is 4.79. The van der Waals surface area contributed by atoms with Gasteiger partial charge in [0.2, 0.25) is 0 Å². The predicted molar refractivity (Wildman–Crippen MR) is 79.0 cm³/mol. The van der Waals surface area contributed by atoms with Crippen molar-refractivity contribution >= 4 is 0 Å². The lowest BCUT2D eigenvalue weighted by molar-refractivity contribution is 0.0286. The van der Waals surface area contributed by atoms with Crippen LogP contribution in [-0.4, -0.2) is 48.6 Å². The molecule has 20 heavy (non-hydrogen) atoms. The highest BCUT2D eigenvalue weighted by molar-refractivity contribution is 5.20. The van der Waals surface area contributed by atoms with E-state index >= 15 is 0 Å².